The van der Waals surface area contributed by atoms with Crippen LogP contribution in [0, 0.1) is 0 Å². The van der Waals surface area contributed by atoms with E-state index in [1.807, 2.05) is 0 Å². The Kier molecular flexibility index (Phi) is 6.86. The Hall–Kier alpha value is -2.51. The topological polar surface area (TPSA) is 68.3 Å². The van der Waals surface area contributed by atoms with E-state index in [-0.39, 0.29) is 14.7 Å². The van der Waals surface area contributed by atoms with Crippen molar-refractivity contribution in [2.75, 3.05) is 0 Å². The maximum absolute atomic E-state index is 13.9. The highest BCUT2D eigenvalue weighted by molar-refractivity contribution is 8.46. The van der Waals surface area contributed by atoms with Crippen LogP contribution in [0.15, 0.2) is 106 Å². The second kappa shape index (κ2) is 8.93. The Morgan fingerprint density at radius 3 is 0.912 bits per heavy atom. The van der Waals surface area contributed by atoms with Crippen LogP contribution in [-0.4, -0.2) is 31.8 Å². The number of halogens is 6. The number of hydrogen-bond acceptors (Lipinski definition) is 4. The van der Waals surface area contributed by atoms with Gasteiger partial charge in [0, 0.05) is 14.7 Å². The van der Waals surface area contributed by atoms with Crippen molar-refractivity contribution >= 4 is 29.7 Å². The molecule has 0 radical (unpaired) electrons. The van der Waals surface area contributed by atoms with Gasteiger partial charge < -0.3 is 0 Å². The molecule has 0 aliphatic carbocycles. The van der Waals surface area contributed by atoms with Crippen molar-refractivity contribution in [1.82, 2.24) is 0 Å². The molecule has 0 atom stereocenters. The lowest BCUT2D eigenvalue weighted by atomic mass is 10.4. The van der Waals surface area contributed by atoms with E-state index < -0.39 is 44.6 Å². The van der Waals surface area contributed by atoms with Crippen molar-refractivity contribution in [3.8, 4) is 0 Å². The SMILES string of the molecule is O=S(=O)(C(S(c1ccccc1)(c1ccccc1)c1ccccc1)S(=O)(=O)C(F)(F)F)C(F)(F)F. The van der Waals surface area contributed by atoms with Crippen LogP contribution in [0.25, 0.3) is 0 Å². The lowest BCUT2D eigenvalue weighted by molar-refractivity contribution is -0.0461. The molecule has 0 saturated heterocycles. The van der Waals surface area contributed by atoms with Crippen LogP contribution in [0.2, 0.25) is 0 Å². The van der Waals surface area contributed by atoms with E-state index in [0.29, 0.717) is 0 Å². The Labute approximate surface area is 193 Å². The summed E-state index contributed by atoms with van der Waals surface area (Å²) in [7, 11) is -18.2. The molecule has 0 N–H and O–H groups in total. The van der Waals surface area contributed by atoms with Crippen molar-refractivity contribution in [2.45, 2.75) is 29.6 Å². The summed E-state index contributed by atoms with van der Waals surface area (Å²) in [5.74, 6) is 0. The van der Waals surface area contributed by atoms with E-state index in [0.717, 1.165) is 36.4 Å². The molecule has 0 heterocycles. The van der Waals surface area contributed by atoms with Gasteiger partial charge in [0.2, 0.25) is 3.91 Å². The van der Waals surface area contributed by atoms with Gasteiger partial charge in [0.05, 0.1) is 0 Å². The Morgan fingerprint density at radius 2 is 0.706 bits per heavy atom. The largest absolute Gasteiger partial charge is 0.499 e. The predicted molar refractivity (Wildman–Crippen MR) is 115 cm³/mol. The molecule has 0 spiro atoms. The number of rotatable bonds is 6. The zero-order valence-corrected chi connectivity index (χ0v) is 19.3. The fraction of sp³-hybridized carbons (Fsp3) is 0.143. The Bertz CT molecular complexity index is 1200. The first-order valence-electron chi connectivity index (χ1n) is 9.26. The minimum Gasteiger partial charge on any atom is -0.217 e. The summed E-state index contributed by atoms with van der Waals surface area (Å²) in [4.78, 5) is -0.922. The lowest BCUT2D eigenvalue weighted by Crippen LogP contribution is -2.47. The van der Waals surface area contributed by atoms with Crippen LogP contribution >= 0.6 is 10.0 Å². The van der Waals surface area contributed by atoms with E-state index in [1.54, 1.807) is 0 Å². The van der Waals surface area contributed by atoms with Crippen molar-refractivity contribution in [3.05, 3.63) is 91.0 Å². The van der Waals surface area contributed by atoms with Gasteiger partial charge in [-0.1, -0.05) is 54.6 Å². The lowest BCUT2D eigenvalue weighted by Gasteiger charge is -2.46. The molecule has 34 heavy (non-hydrogen) atoms. The summed E-state index contributed by atoms with van der Waals surface area (Å²) in [6.45, 7) is 0. The van der Waals surface area contributed by atoms with Crippen molar-refractivity contribution in [2.24, 2.45) is 0 Å². The molecule has 184 valence electrons. The first-order valence-corrected chi connectivity index (χ1v) is 14.0. The van der Waals surface area contributed by atoms with E-state index >= 15 is 0 Å². The summed E-state index contributed by atoms with van der Waals surface area (Å²) < 4.78 is 131. The standard InChI is InChI=1S/C21H16F6O4S3/c22-20(23,24)33(28,29)19(34(30,31)21(25,26)27)32(16-10-4-1-5-11-16,17-12-6-2-7-13-17)18-14-8-3-9-15-18/h1-15,19H. The third-order valence-electron chi connectivity index (χ3n) is 4.79. The molecule has 3 aromatic rings. The molecule has 0 aliphatic rings. The van der Waals surface area contributed by atoms with Gasteiger partial charge in [0.25, 0.3) is 19.7 Å². The first kappa shape index (κ1) is 26.1. The average Bonchev–Trinajstić information content (AvgIpc) is 2.77. The van der Waals surface area contributed by atoms with Gasteiger partial charge in [-0.05, 0) is 36.4 Å². The van der Waals surface area contributed by atoms with Gasteiger partial charge in [-0.3, -0.25) is 0 Å². The molecule has 0 aliphatic heterocycles. The minimum atomic E-state index is -6.95. The molecule has 4 nitrogen and oxygen atoms in total. The molecule has 0 amide bonds. The molecule has 0 aromatic heterocycles. The summed E-state index contributed by atoms with van der Waals surface area (Å²) in [6.07, 6.45) is 0. The highest BCUT2D eigenvalue weighted by atomic mass is 32.3. The molecule has 0 saturated carbocycles. The molecule has 0 unspecified atom stereocenters. The van der Waals surface area contributed by atoms with E-state index in [9.17, 15) is 43.2 Å². The summed E-state index contributed by atoms with van der Waals surface area (Å²) >= 11 is 0. The molecule has 3 rings (SSSR count). The second-order valence-corrected chi connectivity index (χ2v) is 15.0. The zero-order chi connectivity index (χ0) is 25.4. The van der Waals surface area contributed by atoms with Gasteiger partial charge in [-0.2, -0.15) is 26.3 Å². The second-order valence-electron chi connectivity index (χ2n) is 6.87. The van der Waals surface area contributed by atoms with Crippen LogP contribution in [0.5, 0.6) is 0 Å². The summed E-state index contributed by atoms with van der Waals surface area (Å²) in [5, 5.41) is 0. The van der Waals surface area contributed by atoms with Crippen LogP contribution < -0.4 is 0 Å². The van der Waals surface area contributed by atoms with Crippen LogP contribution in [-0.2, 0) is 19.7 Å². The molecule has 3 aromatic carbocycles. The molecule has 0 bridgehead atoms. The van der Waals surface area contributed by atoms with Gasteiger partial charge in [0.15, 0.2) is 0 Å². The summed E-state index contributed by atoms with van der Waals surface area (Å²) in [6, 6.07) is 18.7. The van der Waals surface area contributed by atoms with Crippen LogP contribution in [0.4, 0.5) is 26.3 Å². The molecule has 0 fully saturated rings. The number of alkyl halides is 6. The van der Waals surface area contributed by atoms with Gasteiger partial charge in [-0.25, -0.2) is 16.8 Å². The quantitative estimate of drug-likeness (QED) is 0.352. The van der Waals surface area contributed by atoms with E-state index in [1.165, 1.54) is 54.6 Å². The third kappa shape index (κ3) is 4.20. The Morgan fingerprint density at radius 1 is 0.471 bits per heavy atom. The highest BCUT2D eigenvalue weighted by Gasteiger charge is 2.69. The van der Waals surface area contributed by atoms with E-state index in [4.69, 9.17) is 0 Å². The van der Waals surface area contributed by atoms with Crippen LogP contribution in [0.1, 0.15) is 0 Å². The Balaban J connectivity index is 2.69. The third-order valence-corrected chi connectivity index (χ3v) is 15.5. The zero-order valence-electron chi connectivity index (χ0n) is 16.9. The van der Waals surface area contributed by atoms with Crippen LogP contribution in [0.3, 0.4) is 0 Å². The molecular weight excluding hydrogens is 526 g/mol. The molecular formula is C21H16F6O4S3. The monoisotopic (exact) mass is 542 g/mol. The normalized spacial score (nSPS) is 14.2. The number of sulfone groups is 2. The van der Waals surface area contributed by atoms with Gasteiger partial charge >= 0.3 is 11.0 Å². The number of hydrogen-bond donors (Lipinski definition) is 0. The minimum absolute atomic E-state index is 0.307. The van der Waals surface area contributed by atoms with Gasteiger partial charge in [-0.15, -0.1) is 10.0 Å². The van der Waals surface area contributed by atoms with Crippen molar-refractivity contribution < 1.29 is 43.2 Å². The highest BCUT2D eigenvalue weighted by Crippen LogP contribution is 2.75. The fourth-order valence-electron chi connectivity index (χ4n) is 3.41. The number of benzene rings is 3. The fourth-order valence-corrected chi connectivity index (χ4v) is 14.8. The maximum atomic E-state index is 13.9. The predicted octanol–water partition coefficient (Wildman–Crippen LogP) is 6.12. The first-order chi connectivity index (χ1) is 15.7. The van der Waals surface area contributed by atoms with Crippen molar-refractivity contribution in [1.29, 1.82) is 0 Å². The van der Waals surface area contributed by atoms with Gasteiger partial charge in [0.1, 0.15) is 0 Å². The van der Waals surface area contributed by atoms with Crippen molar-refractivity contribution in [3.63, 3.8) is 0 Å². The maximum Gasteiger partial charge on any atom is 0.499 e. The van der Waals surface area contributed by atoms with E-state index in [2.05, 4.69) is 0 Å². The average molecular weight is 543 g/mol. The molecule has 13 heteroatoms. The smallest absolute Gasteiger partial charge is 0.217 e. The summed E-state index contributed by atoms with van der Waals surface area (Å²) in [5.41, 5.74) is -12.6.